The van der Waals surface area contributed by atoms with Crippen molar-refractivity contribution in [3.8, 4) is 11.4 Å². The van der Waals surface area contributed by atoms with Crippen molar-refractivity contribution in [2.75, 3.05) is 13.3 Å². The molecular formula is C19H23FN5O3V-. The molecule has 1 aliphatic rings. The van der Waals surface area contributed by atoms with Crippen molar-refractivity contribution in [1.29, 1.82) is 0 Å². The smallest absolute Gasteiger partial charge is 0.273 e. The van der Waals surface area contributed by atoms with E-state index in [-0.39, 0.29) is 48.8 Å². The van der Waals surface area contributed by atoms with Crippen LogP contribution in [0.4, 0.5) is 4.39 Å². The molecular weight excluding hydrogens is 416 g/mol. The average Bonchev–Trinajstić information content (AvgIpc) is 3.38. The Bertz CT molecular complexity index is 841. The maximum absolute atomic E-state index is 12.2. The molecule has 0 saturated heterocycles. The molecule has 1 fully saturated rings. The Morgan fingerprint density at radius 1 is 1.24 bits per heavy atom. The van der Waals surface area contributed by atoms with Crippen LogP contribution in [0.3, 0.4) is 0 Å². The number of benzene rings is 1. The van der Waals surface area contributed by atoms with E-state index < -0.39 is 0 Å². The molecule has 8 nitrogen and oxygen atoms in total. The van der Waals surface area contributed by atoms with Gasteiger partial charge in [-0.3, -0.25) is 21.0 Å². The third-order valence-corrected chi connectivity index (χ3v) is 4.30. The van der Waals surface area contributed by atoms with E-state index in [1.54, 1.807) is 18.2 Å². The number of hydrogen-bond acceptors (Lipinski definition) is 5. The van der Waals surface area contributed by atoms with Crippen LogP contribution in [-0.2, 0) is 18.6 Å². The van der Waals surface area contributed by atoms with Crippen LogP contribution in [0, 0.1) is 7.05 Å². The summed E-state index contributed by atoms with van der Waals surface area (Å²) in [5.41, 5.74) is 1.13. The number of hydrogen-bond donors (Lipinski definition) is 2. The van der Waals surface area contributed by atoms with Gasteiger partial charge in [0.15, 0.2) is 5.69 Å². The van der Waals surface area contributed by atoms with Gasteiger partial charge in [0, 0.05) is 30.2 Å². The first-order chi connectivity index (χ1) is 13.6. The van der Waals surface area contributed by atoms with Crippen molar-refractivity contribution >= 4 is 11.8 Å². The van der Waals surface area contributed by atoms with Crippen molar-refractivity contribution < 1.29 is 37.3 Å². The second-order valence-electron chi connectivity index (χ2n) is 6.58. The molecule has 10 heteroatoms. The normalized spacial score (nSPS) is 12.8. The Kier molecular flexibility index (Phi) is 8.66. The summed E-state index contributed by atoms with van der Waals surface area (Å²) in [4.78, 5) is 24.0. The summed E-state index contributed by atoms with van der Waals surface area (Å²) in [6.07, 6.45) is 5.36. The number of alkyl halides is 1. The fourth-order valence-electron chi connectivity index (χ4n) is 2.59. The largest absolute Gasteiger partial charge is 0.504 e. The monoisotopic (exact) mass is 439 g/mol. The molecule has 2 N–H and O–H groups in total. The number of aromatic nitrogens is 3. The minimum atomic E-state index is -0.352. The molecule has 0 atom stereocenters. The zero-order valence-corrected chi connectivity index (χ0v) is 17.3. The minimum absolute atomic E-state index is 0. The van der Waals surface area contributed by atoms with E-state index >= 15 is 0 Å². The predicted molar refractivity (Wildman–Crippen MR) is 100.0 cm³/mol. The maximum Gasteiger partial charge on any atom is 0.273 e. The van der Waals surface area contributed by atoms with E-state index in [0.29, 0.717) is 42.9 Å². The zero-order valence-electron chi connectivity index (χ0n) is 15.9. The van der Waals surface area contributed by atoms with Gasteiger partial charge in [-0.15, -0.1) is 5.10 Å². The molecule has 155 valence electrons. The first-order valence-corrected chi connectivity index (χ1v) is 9.26. The number of halogens is 1. The van der Waals surface area contributed by atoms with Crippen LogP contribution in [0.25, 0.3) is 5.69 Å². The Morgan fingerprint density at radius 3 is 2.72 bits per heavy atom. The first-order valence-electron chi connectivity index (χ1n) is 9.26. The summed E-state index contributed by atoms with van der Waals surface area (Å²) in [7, 11) is 3.37. The molecule has 2 aromatic rings. The number of ether oxygens (including phenoxy) is 1. The van der Waals surface area contributed by atoms with Gasteiger partial charge in [-0.25, -0.2) is 4.68 Å². The van der Waals surface area contributed by atoms with E-state index in [4.69, 9.17) is 4.74 Å². The van der Waals surface area contributed by atoms with E-state index in [1.165, 1.54) is 10.9 Å². The van der Waals surface area contributed by atoms with Gasteiger partial charge in [-0.2, -0.15) is 0 Å². The number of amides is 2. The topological polar surface area (TPSA) is 98.1 Å². The molecule has 1 radical (unpaired) electrons. The number of nitrogens with one attached hydrogen (secondary N) is 2. The minimum Gasteiger partial charge on any atom is -0.504 e. The molecule has 1 saturated carbocycles. The molecule has 0 unspecified atom stereocenters. The van der Waals surface area contributed by atoms with Crippen molar-refractivity contribution in [3.63, 3.8) is 0 Å². The van der Waals surface area contributed by atoms with Gasteiger partial charge >= 0.3 is 0 Å². The van der Waals surface area contributed by atoms with Gasteiger partial charge in [0.2, 0.25) is 5.91 Å². The summed E-state index contributed by atoms with van der Waals surface area (Å²) >= 11 is 0. The summed E-state index contributed by atoms with van der Waals surface area (Å²) in [5, 5.41) is 13.1. The SMILES string of the molecule is [CH2-]NC(=O)c1ccc(-n2cc(C(=O)NC3CC3)nn2)c(OCCCCCF)c1.[V]. The van der Waals surface area contributed by atoms with E-state index in [9.17, 15) is 14.0 Å². The Morgan fingerprint density at radius 2 is 2.03 bits per heavy atom. The van der Waals surface area contributed by atoms with Crippen LogP contribution in [0.2, 0.25) is 0 Å². The second-order valence-corrected chi connectivity index (χ2v) is 6.58. The van der Waals surface area contributed by atoms with Crippen molar-refractivity contribution in [2.45, 2.75) is 38.1 Å². The third-order valence-electron chi connectivity index (χ3n) is 4.30. The van der Waals surface area contributed by atoms with E-state index in [2.05, 4.69) is 28.0 Å². The molecule has 1 aromatic carbocycles. The van der Waals surface area contributed by atoms with Gasteiger partial charge in [-0.05, 0) is 50.3 Å². The molecule has 2 amide bonds. The Hall–Kier alpha value is -2.39. The molecule has 0 spiro atoms. The zero-order chi connectivity index (χ0) is 19.9. The van der Waals surface area contributed by atoms with Crippen LogP contribution in [0.5, 0.6) is 5.75 Å². The van der Waals surface area contributed by atoms with Gasteiger partial charge in [0.25, 0.3) is 5.91 Å². The summed E-state index contributed by atoms with van der Waals surface area (Å²) in [6.45, 7) is 0.0151. The average molecular weight is 439 g/mol. The number of carbonyl (C=O) groups is 2. The fourth-order valence-corrected chi connectivity index (χ4v) is 2.59. The molecule has 0 bridgehead atoms. The fraction of sp³-hybridized carbons (Fsp3) is 0.421. The number of rotatable bonds is 10. The number of carbonyl (C=O) groups excluding carboxylic acids is 2. The molecule has 29 heavy (non-hydrogen) atoms. The Labute approximate surface area is 180 Å². The van der Waals surface area contributed by atoms with E-state index in [1.807, 2.05) is 0 Å². The Balaban J connectivity index is 0.00000300. The van der Waals surface area contributed by atoms with Gasteiger partial charge in [0.1, 0.15) is 11.4 Å². The third kappa shape index (κ3) is 6.30. The summed E-state index contributed by atoms with van der Waals surface area (Å²) in [6, 6.07) is 5.08. The van der Waals surface area contributed by atoms with Gasteiger partial charge in [0.05, 0.1) is 19.5 Å². The second kappa shape index (κ2) is 11.0. The summed E-state index contributed by atoms with van der Waals surface area (Å²) < 4.78 is 19.5. The quantitative estimate of drug-likeness (QED) is 0.437. The molecule has 3 rings (SSSR count). The molecule has 1 aliphatic carbocycles. The van der Waals surface area contributed by atoms with Gasteiger partial charge in [-0.1, -0.05) is 5.21 Å². The van der Waals surface area contributed by atoms with Crippen molar-refractivity contribution in [2.24, 2.45) is 0 Å². The molecule has 1 heterocycles. The number of nitrogens with zero attached hydrogens (tertiary/aromatic N) is 3. The van der Waals surface area contributed by atoms with Gasteiger partial charge < -0.3 is 15.4 Å². The van der Waals surface area contributed by atoms with Crippen LogP contribution in [0.1, 0.15) is 53.0 Å². The van der Waals surface area contributed by atoms with Crippen LogP contribution >= 0.6 is 0 Å². The summed E-state index contributed by atoms with van der Waals surface area (Å²) in [5.74, 6) is -0.201. The first kappa shape index (κ1) is 22.9. The van der Waals surface area contributed by atoms with Crippen molar-refractivity contribution in [1.82, 2.24) is 25.6 Å². The predicted octanol–water partition coefficient (Wildman–Crippen LogP) is 2.20. The number of unbranched alkanes of at least 4 members (excludes halogenated alkanes) is 2. The van der Waals surface area contributed by atoms with Crippen molar-refractivity contribution in [3.05, 3.63) is 42.7 Å². The van der Waals surface area contributed by atoms with Crippen LogP contribution in [-0.4, -0.2) is 46.1 Å². The molecule has 0 aliphatic heterocycles. The van der Waals surface area contributed by atoms with Crippen LogP contribution in [0.15, 0.2) is 24.4 Å². The van der Waals surface area contributed by atoms with E-state index in [0.717, 1.165) is 12.8 Å². The maximum atomic E-state index is 12.2. The standard InChI is InChI=1S/C19H23FN5O3.V/c1-21-18(26)13-5-8-16(17(11-13)28-10-4-2-3-9-20)25-12-15(23-24-25)19(27)22-14-6-7-14;/h5,8,11-12,14H,1-4,6-7,9-10H2,(H,21,26)(H,22,27);/q-1;. The van der Waals surface area contributed by atoms with Crippen LogP contribution < -0.4 is 15.4 Å². The molecule has 1 aromatic heterocycles.